The second-order valence-electron chi connectivity index (χ2n) is 6.91. The first-order valence-corrected chi connectivity index (χ1v) is 9.89. The molecule has 3 rings (SSSR count). The molecule has 2 N–H and O–H groups in total. The monoisotopic (exact) mass is 352 g/mol. The van der Waals surface area contributed by atoms with Crippen molar-refractivity contribution in [1.82, 2.24) is 0 Å². The van der Waals surface area contributed by atoms with Gasteiger partial charge in [0.15, 0.2) is 0 Å². The summed E-state index contributed by atoms with van der Waals surface area (Å²) < 4.78 is 28.0. The van der Waals surface area contributed by atoms with Gasteiger partial charge in [0.25, 0.3) is 0 Å². The summed E-state index contributed by atoms with van der Waals surface area (Å²) in [6.07, 6.45) is 7.46. The van der Waals surface area contributed by atoms with Gasteiger partial charge < -0.3 is 9.64 Å². The molecule has 7 heteroatoms. The Bertz CT molecular complexity index is 729. The minimum Gasteiger partial charge on any atom is -0.465 e. The molecule has 0 aromatic heterocycles. The molecule has 1 aliphatic heterocycles. The molecule has 1 saturated heterocycles. The summed E-state index contributed by atoms with van der Waals surface area (Å²) in [5.41, 5.74) is 1.45. The number of carbonyl (C=O) groups excluding carboxylic acids is 1. The molecule has 1 saturated carbocycles. The summed E-state index contributed by atoms with van der Waals surface area (Å²) in [5.74, 6) is -0.545. The molecule has 1 spiro atoms. The van der Waals surface area contributed by atoms with Crippen molar-refractivity contribution in [3.8, 4) is 0 Å². The highest BCUT2D eigenvalue weighted by Crippen LogP contribution is 2.47. The molecule has 1 aliphatic carbocycles. The molecular weight excluding hydrogens is 328 g/mol. The number of primary sulfonamides is 1. The highest BCUT2D eigenvalue weighted by molar-refractivity contribution is 7.89. The van der Waals surface area contributed by atoms with Crippen LogP contribution in [0.2, 0.25) is 0 Å². The number of sulfonamides is 1. The van der Waals surface area contributed by atoms with E-state index in [9.17, 15) is 13.2 Å². The number of rotatable bonds is 3. The smallest absolute Gasteiger partial charge is 0.340 e. The third-order valence-electron chi connectivity index (χ3n) is 5.53. The van der Waals surface area contributed by atoms with Gasteiger partial charge in [-0.3, -0.25) is 0 Å². The largest absolute Gasteiger partial charge is 0.465 e. The molecule has 0 radical (unpaired) electrons. The first kappa shape index (κ1) is 17.2. The summed E-state index contributed by atoms with van der Waals surface area (Å²) in [6, 6.07) is 4.44. The van der Waals surface area contributed by atoms with Crippen LogP contribution in [0.1, 0.15) is 48.9 Å². The van der Waals surface area contributed by atoms with E-state index in [2.05, 4.69) is 4.90 Å². The number of piperidine rings is 1. The van der Waals surface area contributed by atoms with Crippen LogP contribution in [0.5, 0.6) is 0 Å². The van der Waals surface area contributed by atoms with Crippen LogP contribution in [0.25, 0.3) is 0 Å². The van der Waals surface area contributed by atoms with Gasteiger partial charge >= 0.3 is 5.97 Å². The number of nitrogens with two attached hydrogens (primary N) is 1. The Labute approximate surface area is 143 Å². The Morgan fingerprint density at radius 1 is 1.17 bits per heavy atom. The van der Waals surface area contributed by atoms with Crippen LogP contribution in [0.4, 0.5) is 5.69 Å². The Balaban J connectivity index is 1.88. The van der Waals surface area contributed by atoms with E-state index < -0.39 is 16.0 Å². The predicted molar refractivity (Wildman–Crippen MR) is 91.5 cm³/mol. The lowest BCUT2D eigenvalue weighted by atomic mass is 9.77. The zero-order chi connectivity index (χ0) is 17.4. The zero-order valence-electron chi connectivity index (χ0n) is 14.0. The fourth-order valence-corrected chi connectivity index (χ4v) is 4.63. The van der Waals surface area contributed by atoms with Crippen LogP contribution in [0.15, 0.2) is 23.1 Å². The highest BCUT2D eigenvalue weighted by Gasteiger charge is 2.37. The number of benzene rings is 1. The van der Waals surface area contributed by atoms with Gasteiger partial charge in [-0.25, -0.2) is 18.4 Å². The van der Waals surface area contributed by atoms with Crippen molar-refractivity contribution in [3.63, 3.8) is 0 Å². The first-order valence-electron chi connectivity index (χ1n) is 8.35. The van der Waals surface area contributed by atoms with Gasteiger partial charge in [0.2, 0.25) is 10.0 Å². The first-order chi connectivity index (χ1) is 11.3. The summed E-state index contributed by atoms with van der Waals surface area (Å²) in [6.45, 7) is 1.75. The predicted octanol–water partition coefficient (Wildman–Crippen LogP) is 2.28. The average Bonchev–Trinajstić information content (AvgIpc) is 3.01. The van der Waals surface area contributed by atoms with Crippen molar-refractivity contribution < 1.29 is 17.9 Å². The van der Waals surface area contributed by atoms with Crippen molar-refractivity contribution in [2.24, 2.45) is 10.6 Å². The molecule has 0 atom stereocenters. The second-order valence-corrected chi connectivity index (χ2v) is 8.47. The molecule has 1 aromatic carbocycles. The van der Waals surface area contributed by atoms with E-state index in [1.807, 2.05) is 0 Å². The number of methoxy groups -OCH3 is 1. The van der Waals surface area contributed by atoms with Crippen LogP contribution in [0.3, 0.4) is 0 Å². The summed E-state index contributed by atoms with van der Waals surface area (Å²) in [7, 11) is -2.57. The fraction of sp³-hybridized carbons (Fsp3) is 0.588. The fourth-order valence-electron chi connectivity index (χ4n) is 4.09. The van der Waals surface area contributed by atoms with E-state index in [4.69, 9.17) is 9.88 Å². The van der Waals surface area contributed by atoms with E-state index in [0.717, 1.165) is 31.6 Å². The maximum absolute atomic E-state index is 12.1. The number of hydrogen-bond donors (Lipinski definition) is 1. The molecular formula is C17H24N2O4S. The number of hydrogen-bond acceptors (Lipinski definition) is 5. The lowest BCUT2D eigenvalue weighted by Gasteiger charge is -2.41. The van der Waals surface area contributed by atoms with E-state index >= 15 is 0 Å². The molecule has 0 amide bonds. The number of nitrogens with zero attached hydrogens (tertiary/aromatic N) is 1. The summed E-state index contributed by atoms with van der Waals surface area (Å²) in [5, 5.41) is 5.18. The number of esters is 1. The zero-order valence-corrected chi connectivity index (χ0v) is 14.8. The molecule has 2 aliphatic rings. The lowest BCUT2D eigenvalue weighted by molar-refractivity contribution is 0.0601. The van der Waals surface area contributed by atoms with Crippen molar-refractivity contribution in [3.05, 3.63) is 23.8 Å². The SMILES string of the molecule is COC(=O)c1cc(S(N)(=O)=O)ccc1N1CCC2(CCCC2)CC1. The van der Waals surface area contributed by atoms with Gasteiger partial charge in [0.1, 0.15) is 0 Å². The van der Waals surface area contributed by atoms with E-state index in [0.29, 0.717) is 5.41 Å². The molecule has 6 nitrogen and oxygen atoms in total. The van der Waals surface area contributed by atoms with Crippen molar-refractivity contribution in [2.75, 3.05) is 25.1 Å². The van der Waals surface area contributed by atoms with Crippen LogP contribution >= 0.6 is 0 Å². The van der Waals surface area contributed by atoms with Crippen molar-refractivity contribution in [1.29, 1.82) is 0 Å². The number of ether oxygens (including phenoxy) is 1. The Morgan fingerprint density at radius 2 is 1.79 bits per heavy atom. The van der Waals surface area contributed by atoms with E-state index in [-0.39, 0.29) is 10.5 Å². The third-order valence-corrected chi connectivity index (χ3v) is 6.44. The van der Waals surface area contributed by atoms with E-state index in [1.165, 1.54) is 44.9 Å². The van der Waals surface area contributed by atoms with Gasteiger partial charge in [-0.05, 0) is 49.3 Å². The van der Waals surface area contributed by atoms with Gasteiger partial charge in [0, 0.05) is 13.1 Å². The standard InChI is InChI=1S/C17H24N2O4S/c1-23-16(20)14-12-13(24(18,21)22)4-5-15(14)19-10-8-17(9-11-19)6-2-3-7-17/h4-5,12H,2-3,6-11H2,1H3,(H2,18,21,22). The summed E-state index contributed by atoms with van der Waals surface area (Å²) >= 11 is 0. The molecule has 24 heavy (non-hydrogen) atoms. The van der Waals surface area contributed by atoms with Crippen LogP contribution < -0.4 is 10.0 Å². The summed E-state index contributed by atoms with van der Waals surface area (Å²) in [4.78, 5) is 14.2. The highest BCUT2D eigenvalue weighted by atomic mass is 32.2. The normalized spacial score (nSPS) is 20.3. The average molecular weight is 352 g/mol. The molecule has 1 aromatic rings. The number of carbonyl (C=O) groups is 1. The Kier molecular flexibility index (Phi) is 4.57. The molecule has 0 unspecified atom stereocenters. The Hall–Kier alpha value is -1.60. The minimum atomic E-state index is -3.86. The van der Waals surface area contributed by atoms with Crippen molar-refractivity contribution in [2.45, 2.75) is 43.4 Å². The van der Waals surface area contributed by atoms with Crippen LogP contribution in [-0.2, 0) is 14.8 Å². The quantitative estimate of drug-likeness (QED) is 0.843. The topological polar surface area (TPSA) is 89.7 Å². The molecule has 2 fully saturated rings. The molecule has 0 bridgehead atoms. The lowest BCUT2D eigenvalue weighted by Crippen LogP contribution is -2.39. The van der Waals surface area contributed by atoms with Gasteiger partial charge in [-0.2, -0.15) is 0 Å². The van der Waals surface area contributed by atoms with Gasteiger partial charge in [0.05, 0.1) is 23.3 Å². The van der Waals surface area contributed by atoms with E-state index in [1.54, 1.807) is 6.07 Å². The van der Waals surface area contributed by atoms with Crippen LogP contribution in [-0.4, -0.2) is 34.6 Å². The second kappa shape index (κ2) is 6.37. The Morgan fingerprint density at radius 3 is 2.33 bits per heavy atom. The van der Waals surface area contributed by atoms with Gasteiger partial charge in [-0.15, -0.1) is 0 Å². The molecule has 1 heterocycles. The van der Waals surface area contributed by atoms with Gasteiger partial charge in [-0.1, -0.05) is 12.8 Å². The maximum atomic E-state index is 12.1. The third kappa shape index (κ3) is 3.28. The van der Waals surface area contributed by atoms with Crippen LogP contribution in [0, 0.1) is 5.41 Å². The molecule has 132 valence electrons. The van der Waals surface area contributed by atoms with Crippen molar-refractivity contribution >= 4 is 21.7 Å². The maximum Gasteiger partial charge on any atom is 0.340 e. The minimum absolute atomic E-state index is 0.0732. The number of anilines is 1.